The predicted molar refractivity (Wildman–Crippen MR) is 89.6 cm³/mol. The Balaban J connectivity index is 1.78. The molecule has 0 saturated carbocycles. The van der Waals surface area contributed by atoms with Crippen molar-refractivity contribution in [3.05, 3.63) is 59.8 Å². The summed E-state index contributed by atoms with van der Waals surface area (Å²) in [7, 11) is 1.54. The minimum absolute atomic E-state index is 0.482. The molecule has 0 aliphatic carbocycles. The topological polar surface area (TPSA) is 74.3 Å². The molecule has 1 amide bonds. The molecule has 3 N–H and O–H groups in total. The Bertz CT molecular complexity index is 854. The summed E-state index contributed by atoms with van der Waals surface area (Å²) in [5.41, 5.74) is 3.19. The molecule has 3 aromatic rings. The number of nitrogens with one attached hydrogen (secondary N) is 2. The van der Waals surface area contributed by atoms with Crippen LogP contribution in [0.15, 0.2) is 48.5 Å². The fourth-order valence-electron chi connectivity index (χ4n) is 2.53. The van der Waals surface area contributed by atoms with E-state index >= 15 is 0 Å². The summed E-state index contributed by atoms with van der Waals surface area (Å²) in [5, 5.41) is 14.0. The number of aromatic amines is 1. The zero-order valence-electron chi connectivity index (χ0n) is 13.0. The Kier molecular flexibility index (Phi) is 4.04. The molecule has 1 aromatic heterocycles. The Morgan fingerprint density at radius 2 is 2.04 bits per heavy atom. The fourth-order valence-corrected chi connectivity index (χ4v) is 2.53. The van der Waals surface area contributed by atoms with E-state index in [2.05, 4.69) is 10.3 Å². The molecule has 0 bridgehead atoms. The highest BCUT2D eigenvalue weighted by molar-refractivity contribution is 5.96. The van der Waals surface area contributed by atoms with Gasteiger partial charge in [0.2, 0.25) is 0 Å². The summed E-state index contributed by atoms with van der Waals surface area (Å²) in [4.78, 5) is 15.5. The van der Waals surface area contributed by atoms with Gasteiger partial charge in [0.1, 0.15) is 5.75 Å². The number of methoxy groups -OCH3 is 1. The van der Waals surface area contributed by atoms with Gasteiger partial charge < -0.3 is 20.1 Å². The maximum absolute atomic E-state index is 12.2. The number of hydrogen-bond donors (Lipinski definition) is 3. The van der Waals surface area contributed by atoms with Crippen LogP contribution in [0.25, 0.3) is 10.9 Å². The monoisotopic (exact) mass is 310 g/mol. The van der Waals surface area contributed by atoms with Gasteiger partial charge in [0, 0.05) is 22.3 Å². The van der Waals surface area contributed by atoms with Crippen molar-refractivity contribution >= 4 is 22.5 Å². The van der Waals surface area contributed by atoms with Crippen molar-refractivity contribution in [1.82, 2.24) is 4.98 Å². The average molecular weight is 310 g/mol. The number of benzene rings is 2. The third-order valence-electron chi connectivity index (χ3n) is 3.68. The molecule has 5 nitrogen and oxygen atoms in total. The second-order valence-corrected chi connectivity index (χ2v) is 5.42. The molecule has 0 radical (unpaired) electrons. The van der Waals surface area contributed by atoms with Gasteiger partial charge in [0.05, 0.1) is 7.11 Å². The molecule has 3 rings (SSSR count). The van der Waals surface area contributed by atoms with Gasteiger partial charge in [-0.2, -0.15) is 0 Å². The number of amides is 1. The van der Waals surface area contributed by atoms with Crippen molar-refractivity contribution in [2.75, 3.05) is 12.4 Å². The van der Waals surface area contributed by atoms with Crippen LogP contribution < -0.4 is 10.1 Å². The van der Waals surface area contributed by atoms with Crippen LogP contribution in [-0.2, 0) is 4.79 Å². The van der Waals surface area contributed by atoms with Crippen LogP contribution in [-0.4, -0.2) is 23.1 Å². The van der Waals surface area contributed by atoms with E-state index in [-0.39, 0.29) is 0 Å². The van der Waals surface area contributed by atoms with Gasteiger partial charge in [0.25, 0.3) is 5.91 Å². The normalized spacial score (nSPS) is 12.1. The molecule has 2 aromatic carbocycles. The molecule has 0 spiro atoms. The number of carbonyl (C=O) groups excluding carboxylic acids is 1. The van der Waals surface area contributed by atoms with Crippen LogP contribution in [0.2, 0.25) is 0 Å². The minimum Gasteiger partial charge on any atom is -0.497 e. The Hall–Kier alpha value is -2.79. The van der Waals surface area contributed by atoms with Gasteiger partial charge in [-0.1, -0.05) is 12.1 Å². The number of ether oxygens (including phenoxy) is 1. The first-order valence-corrected chi connectivity index (χ1v) is 7.29. The van der Waals surface area contributed by atoms with E-state index in [1.807, 2.05) is 25.1 Å². The molecule has 5 heteroatoms. The third-order valence-corrected chi connectivity index (χ3v) is 3.68. The van der Waals surface area contributed by atoms with Crippen molar-refractivity contribution in [3.63, 3.8) is 0 Å². The second kappa shape index (κ2) is 6.14. The zero-order chi connectivity index (χ0) is 16.4. The van der Waals surface area contributed by atoms with Crippen LogP contribution in [0.3, 0.4) is 0 Å². The summed E-state index contributed by atoms with van der Waals surface area (Å²) >= 11 is 0. The van der Waals surface area contributed by atoms with E-state index in [0.29, 0.717) is 17.0 Å². The van der Waals surface area contributed by atoms with Crippen LogP contribution in [0, 0.1) is 6.92 Å². The van der Waals surface area contributed by atoms with Gasteiger partial charge in [0.15, 0.2) is 6.10 Å². The van der Waals surface area contributed by atoms with E-state index in [1.54, 1.807) is 37.4 Å². The summed E-state index contributed by atoms with van der Waals surface area (Å²) < 4.78 is 5.11. The molecule has 23 heavy (non-hydrogen) atoms. The molecule has 0 aliphatic heterocycles. The first-order valence-electron chi connectivity index (χ1n) is 7.29. The van der Waals surface area contributed by atoms with Gasteiger partial charge in [-0.3, -0.25) is 4.79 Å². The lowest BCUT2D eigenvalue weighted by atomic mass is 10.1. The van der Waals surface area contributed by atoms with Crippen molar-refractivity contribution in [3.8, 4) is 5.75 Å². The van der Waals surface area contributed by atoms with Crippen molar-refractivity contribution in [2.45, 2.75) is 13.0 Å². The summed E-state index contributed by atoms with van der Waals surface area (Å²) in [6.45, 7) is 1.98. The number of hydrogen-bond acceptors (Lipinski definition) is 3. The molecule has 118 valence electrons. The van der Waals surface area contributed by atoms with Crippen LogP contribution in [0.1, 0.15) is 17.4 Å². The molecular formula is C18H18N2O3. The Morgan fingerprint density at radius 3 is 2.83 bits per heavy atom. The van der Waals surface area contributed by atoms with Gasteiger partial charge in [-0.05, 0) is 48.9 Å². The number of aliphatic hydroxyl groups excluding tert-OH is 1. The maximum atomic E-state index is 12.2. The quantitative estimate of drug-likeness (QED) is 0.693. The Morgan fingerprint density at radius 1 is 1.22 bits per heavy atom. The van der Waals surface area contributed by atoms with Gasteiger partial charge in [-0.15, -0.1) is 0 Å². The third kappa shape index (κ3) is 3.19. The zero-order valence-corrected chi connectivity index (χ0v) is 13.0. The molecule has 0 saturated heterocycles. The van der Waals surface area contributed by atoms with Gasteiger partial charge >= 0.3 is 0 Å². The average Bonchev–Trinajstić information content (AvgIpc) is 2.93. The molecule has 0 fully saturated rings. The highest BCUT2D eigenvalue weighted by Gasteiger charge is 2.18. The molecule has 0 aliphatic rings. The number of anilines is 1. The molecular weight excluding hydrogens is 292 g/mol. The number of carbonyl (C=O) groups is 1. The van der Waals surface area contributed by atoms with Crippen molar-refractivity contribution in [2.24, 2.45) is 0 Å². The van der Waals surface area contributed by atoms with Crippen LogP contribution >= 0.6 is 0 Å². The summed E-state index contributed by atoms with van der Waals surface area (Å²) in [6.07, 6.45) is -1.26. The van der Waals surface area contributed by atoms with Crippen LogP contribution in [0.4, 0.5) is 5.69 Å². The lowest BCUT2D eigenvalue weighted by Gasteiger charge is -2.12. The molecule has 1 atom stereocenters. The number of aromatic nitrogens is 1. The predicted octanol–water partition coefficient (Wildman–Crippen LogP) is 3.16. The number of aryl methyl sites for hydroxylation is 1. The Labute approximate surface area is 133 Å². The summed E-state index contributed by atoms with van der Waals surface area (Å²) in [5.74, 6) is 0.114. The smallest absolute Gasteiger partial charge is 0.257 e. The number of H-pyrrole nitrogens is 1. The minimum atomic E-state index is -1.26. The van der Waals surface area contributed by atoms with Crippen LogP contribution in [0.5, 0.6) is 5.75 Å². The maximum Gasteiger partial charge on any atom is 0.257 e. The van der Waals surface area contributed by atoms with E-state index in [9.17, 15) is 9.90 Å². The van der Waals surface area contributed by atoms with Crippen molar-refractivity contribution < 1.29 is 14.6 Å². The first kappa shape index (κ1) is 15.1. The number of aliphatic hydroxyl groups is 1. The lowest BCUT2D eigenvalue weighted by Crippen LogP contribution is -2.20. The van der Waals surface area contributed by atoms with E-state index < -0.39 is 12.0 Å². The van der Waals surface area contributed by atoms with E-state index in [4.69, 9.17) is 4.74 Å². The number of rotatable bonds is 4. The van der Waals surface area contributed by atoms with Gasteiger partial charge in [-0.25, -0.2) is 0 Å². The van der Waals surface area contributed by atoms with E-state index in [0.717, 1.165) is 16.6 Å². The SMILES string of the molecule is COc1cccc(C(O)C(=O)Nc2ccc3[nH]c(C)cc3c2)c1. The van der Waals surface area contributed by atoms with Crippen molar-refractivity contribution in [1.29, 1.82) is 0 Å². The molecule has 1 heterocycles. The highest BCUT2D eigenvalue weighted by Crippen LogP contribution is 2.23. The number of fused-ring (bicyclic) bond motifs is 1. The highest BCUT2D eigenvalue weighted by atomic mass is 16.5. The first-order chi connectivity index (χ1) is 11.1. The lowest BCUT2D eigenvalue weighted by molar-refractivity contribution is -0.124. The molecule has 1 unspecified atom stereocenters. The standard InChI is InChI=1S/C18H18N2O3/c1-11-8-13-9-14(6-7-16(13)19-11)20-18(22)17(21)12-4-3-5-15(10-12)23-2/h3-10,17,19,21H,1-2H3,(H,20,22). The fraction of sp³-hybridized carbons (Fsp3) is 0.167. The second-order valence-electron chi connectivity index (χ2n) is 5.42. The largest absolute Gasteiger partial charge is 0.497 e. The summed E-state index contributed by atoms with van der Waals surface area (Å²) in [6, 6.07) is 14.4. The van der Waals surface area contributed by atoms with E-state index in [1.165, 1.54) is 0 Å².